The molecule has 2 aromatic rings. The first kappa shape index (κ1) is 22.7. The van der Waals surface area contributed by atoms with Gasteiger partial charge in [-0.05, 0) is 49.2 Å². The maximum absolute atomic E-state index is 6.07. The summed E-state index contributed by atoms with van der Waals surface area (Å²) in [6, 6.07) is 14.4. The normalized spacial score (nSPS) is 17.0. The van der Waals surface area contributed by atoms with Crippen LogP contribution in [0.4, 0.5) is 5.69 Å². The minimum absolute atomic E-state index is 0. The van der Waals surface area contributed by atoms with Gasteiger partial charge < -0.3 is 20.5 Å². The van der Waals surface area contributed by atoms with Crippen LogP contribution in [-0.4, -0.2) is 37.2 Å². The Morgan fingerprint density at radius 2 is 1.60 bits per heavy atom. The topological polar surface area (TPSA) is 72.1 Å². The molecule has 0 aromatic heterocycles. The van der Waals surface area contributed by atoms with Crippen LogP contribution in [0.5, 0.6) is 11.5 Å². The Morgan fingerprint density at radius 1 is 0.900 bits per heavy atom. The number of nitrogens with zero attached hydrogens (tertiary/aromatic N) is 2. The lowest BCUT2D eigenvalue weighted by Crippen LogP contribution is -2.29. The zero-order valence-corrected chi connectivity index (χ0v) is 19.6. The number of likely N-dealkylation sites (tertiary alicyclic amines) is 1. The van der Waals surface area contributed by atoms with E-state index in [-0.39, 0.29) is 24.0 Å². The van der Waals surface area contributed by atoms with Crippen LogP contribution in [0.2, 0.25) is 0 Å². The fraction of sp³-hybridized carbons (Fsp3) is 0.435. The zero-order chi connectivity index (χ0) is 19.9. The van der Waals surface area contributed by atoms with Gasteiger partial charge in [-0.3, -0.25) is 4.90 Å². The van der Waals surface area contributed by atoms with Gasteiger partial charge >= 0.3 is 0 Å². The molecule has 0 bridgehead atoms. The molecule has 3 N–H and O–H groups in total. The molecule has 2 aliphatic heterocycles. The lowest BCUT2D eigenvalue weighted by Gasteiger charge is -2.26. The van der Waals surface area contributed by atoms with Crippen LogP contribution in [0.3, 0.4) is 0 Å². The summed E-state index contributed by atoms with van der Waals surface area (Å²) >= 11 is 0. The van der Waals surface area contributed by atoms with Crippen molar-refractivity contribution in [2.24, 2.45) is 10.7 Å². The third-order valence-corrected chi connectivity index (χ3v) is 5.33. The van der Waals surface area contributed by atoms with Crippen LogP contribution in [0.25, 0.3) is 0 Å². The maximum Gasteiger partial charge on any atom is 0.193 e. The van der Waals surface area contributed by atoms with Crippen LogP contribution in [-0.2, 0) is 13.1 Å². The number of nitrogens with two attached hydrogens (primary N) is 1. The Morgan fingerprint density at radius 3 is 2.37 bits per heavy atom. The first-order valence-electron chi connectivity index (χ1n) is 10.5. The zero-order valence-electron chi connectivity index (χ0n) is 17.3. The Labute approximate surface area is 195 Å². The highest BCUT2D eigenvalue weighted by atomic mass is 127. The summed E-state index contributed by atoms with van der Waals surface area (Å²) in [5.41, 5.74) is 9.42. The number of fused-ring (bicyclic) bond motifs is 1. The minimum Gasteiger partial charge on any atom is -0.490 e. The molecule has 30 heavy (non-hydrogen) atoms. The van der Waals surface area contributed by atoms with Crippen molar-refractivity contribution in [2.45, 2.75) is 38.8 Å². The molecule has 2 aliphatic rings. The lowest BCUT2D eigenvalue weighted by atomic mass is 10.1. The Balaban J connectivity index is 0.00000256. The fourth-order valence-corrected chi connectivity index (χ4v) is 3.73. The second-order valence-corrected chi connectivity index (χ2v) is 7.69. The summed E-state index contributed by atoms with van der Waals surface area (Å²) in [4.78, 5) is 7.00. The third-order valence-electron chi connectivity index (χ3n) is 5.33. The molecule has 0 unspecified atom stereocenters. The summed E-state index contributed by atoms with van der Waals surface area (Å²) in [5.74, 6) is 1.90. The van der Waals surface area contributed by atoms with E-state index in [9.17, 15) is 0 Å². The number of nitrogens with one attached hydrogen (secondary N) is 1. The van der Waals surface area contributed by atoms with Crippen LogP contribution in [0, 0.1) is 0 Å². The average Bonchev–Trinajstić information content (AvgIpc) is 2.99. The monoisotopic (exact) mass is 522 g/mol. The molecule has 1 fully saturated rings. The van der Waals surface area contributed by atoms with E-state index in [2.05, 4.69) is 39.5 Å². The van der Waals surface area contributed by atoms with E-state index in [0.717, 1.165) is 35.7 Å². The predicted octanol–water partition coefficient (Wildman–Crippen LogP) is 4.38. The van der Waals surface area contributed by atoms with Gasteiger partial charge in [-0.25, -0.2) is 4.99 Å². The molecule has 0 amide bonds. The molecule has 6 nitrogen and oxygen atoms in total. The molecular formula is C23H31IN4O2. The molecule has 2 aromatic carbocycles. The summed E-state index contributed by atoms with van der Waals surface area (Å²) in [6.07, 6.45) is 4.90. The van der Waals surface area contributed by atoms with Gasteiger partial charge in [-0.2, -0.15) is 0 Å². The molecular weight excluding hydrogens is 491 g/mol. The smallest absolute Gasteiger partial charge is 0.193 e. The predicted molar refractivity (Wildman–Crippen MR) is 132 cm³/mol. The van der Waals surface area contributed by atoms with Crippen molar-refractivity contribution < 1.29 is 9.47 Å². The molecule has 162 valence electrons. The number of guanidine groups is 1. The van der Waals surface area contributed by atoms with Gasteiger partial charge in [0.05, 0.1) is 19.8 Å². The molecule has 4 rings (SSSR count). The Kier molecular flexibility index (Phi) is 8.62. The average molecular weight is 522 g/mol. The summed E-state index contributed by atoms with van der Waals surface area (Å²) in [7, 11) is 0. The van der Waals surface area contributed by atoms with Gasteiger partial charge in [0.15, 0.2) is 17.5 Å². The Hall–Kier alpha value is -2.00. The van der Waals surface area contributed by atoms with E-state index < -0.39 is 0 Å². The SMILES string of the molecule is I.NC(=NCc1ccc(CN2CCCCC2)cc1)Nc1ccc2c(c1)OCCCO2. The van der Waals surface area contributed by atoms with Crippen molar-refractivity contribution in [1.29, 1.82) is 0 Å². The van der Waals surface area contributed by atoms with E-state index in [1.807, 2.05) is 18.2 Å². The van der Waals surface area contributed by atoms with Crippen molar-refractivity contribution >= 4 is 35.6 Å². The maximum atomic E-state index is 6.07. The largest absolute Gasteiger partial charge is 0.490 e. The molecule has 0 aliphatic carbocycles. The van der Waals surface area contributed by atoms with Gasteiger partial charge in [0.2, 0.25) is 0 Å². The van der Waals surface area contributed by atoms with E-state index in [4.69, 9.17) is 15.2 Å². The van der Waals surface area contributed by atoms with E-state index >= 15 is 0 Å². The number of hydrogen-bond donors (Lipinski definition) is 2. The molecule has 1 saturated heterocycles. The number of rotatable bonds is 5. The second-order valence-electron chi connectivity index (χ2n) is 7.69. The van der Waals surface area contributed by atoms with Gasteiger partial charge in [0.1, 0.15) is 0 Å². The van der Waals surface area contributed by atoms with Crippen molar-refractivity contribution in [2.75, 3.05) is 31.6 Å². The van der Waals surface area contributed by atoms with Crippen molar-refractivity contribution in [1.82, 2.24) is 4.90 Å². The number of benzene rings is 2. The fourth-order valence-electron chi connectivity index (χ4n) is 3.73. The number of anilines is 1. The molecule has 7 heteroatoms. The highest BCUT2D eigenvalue weighted by molar-refractivity contribution is 14.0. The number of ether oxygens (including phenoxy) is 2. The van der Waals surface area contributed by atoms with Gasteiger partial charge in [0, 0.05) is 24.7 Å². The summed E-state index contributed by atoms with van der Waals surface area (Å²) < 4.78 is 11.4. The summed E-state index contributed by atoms with van der Waals surface area (Å²) in [5, 5.41) is 3.13. The molecule has 0 spiro atoms. The lowest BCUT2D eigenvalue weighted by molar-refractivity contribution is 0.221. The number of halogens is 1. The van der Waals surface area contributed by atoms with Crippen molar-refractivity contribution in [3.63, 3.8) is 0 Å². The quantitative estimate of drug-likeness (QED) is 0.347. The first-order valence-corrected chi connectivity index (χ1v) is 10.5. The highest BCUT2D eigenvalue weighted by Crippen LogP contribution is 2.32. The Bertz CT molecular complexity index is 836. The van der Waals surface area contributed by atoms with Gasteiger partial charge in [-0.1, -0.05) is 30.7 Å². The highest BCUT2D eigenvalue weighted by Gasteiger charge is 2.11. The van der Waals surface area contributed by atoms with Crippen LogP contribution < -0.4 is 20.5 Å². The molecule has 0 radical (unpaired) electrons. The van der Waals surface area contributed by atoms with E-state index in [0.29, 0.717) is 25.7 Å². The summed E-state index contributed by atoms with van der Waals surface area (Å²) in [6.45, 7) is 5.36. The molecule has 0 atom stereocenters. The third kappa shape index (κ3) is 6.50. The van der Waals surface area contributed by atoms with Gasteiger partial charge in [-0.15, -0.1) is 24.0 Å². The number of piperidine rings is 1. The van der Waals surface area contributed by atoms with Crippen LogP contribution in [0.1, 0.15) is 36.8 Å². The first-order chi connectivity index (χ1) is 14.3. The van der Waals surface area contributed by atoms with Crippen molar-refractivity contribution in [3.05, 3.63) is 53.6 Å². The van der Waals surface area contributed by atoms with Gasteiger partial charge in [0.25, 0.3) is 0 Å². The number of hydrogen-bond acceptors (Lipinski definition) is 4. The minimum atomic E-state index is 0. The van der Waals surface area contributed by atoms with E-state index in [1.54, 1.807) is 0 Å². The van der Waals surface area contributed by atoms with Crippen molar-refractivity contribution in [3.8, 4) is 11.5 Å². The van der Waals surface area contributed by atoms with E-state index in [1.165, 1.54) is 37.9 Å². The van der Waals surface area contributed by atoms with Crippen LogP contribution >= 0.6 is 24.0 Å². The molecule has 0 saturated carbocycles. The van der Waals surface area contributed by atoms with Crippen LogP contribution in [0.15, 0.2) is 47.5 Å². The standard InChI is InChI=1S/C23H30N4O2.HI/c24-23(26-20-9-10-21-22(15-20)29-14-4-13-28-21)25-16-18-5-7-19(8-6-18)17-27-11-2-1-3-12-27;/h5-10,15H,1-4,11-14,16-17H2,(H3,24,25,26);1H. The number of aliphatic imine (C=N–C) groups is 1. The molecule has 2 heterocycles. The second kappa shape index (κ2) is 11.4.